The van der Waals surface area contributed by atoms with Gasteiger partial charge in [-0.05, 0) is 18.6 Å². The van der Waals surface area contributed by atoms with Crippen LogP contribution in [-0.4, -0.2) is 20.6 Å². The molecule has 5 nitrogen and oxygen atoms in total. The number of phenols is 1. The SMILES string of the molecule is Cc1ccc(O)cc1NC(=O)CCn1ccnc1. The zero-order valence-corrected chi connectivity index (χ0v) is 10.1. The predicted octanol–water partition coefficient (Wildman–Crippen LogP) is 1.93. The molecule has 0 aliphatic rings. The van der Waals surface area contributed by atoms with Crippen molar-refractivity contribution in [1.82, 2.24) is 9.55 Å². The van der Waals surface area contributed by atoms with Crippen LogP contribution >= 0.6 is 0 Å². The van der Waals surface area contributed by atoms with Crippen molar-refractivity contribution in [1.29, 1.82) is 0 Å². The molecular formula is C13H15N3O2. The summed E-state index contributed by atoms with van der Waals surface area (Å²) in [5.41, 5.74) is 1.56. The van der Waals surface area contributed by atoms with Gasteiger partial charge in [0.15, 0.2) is 0 Å². The molecule has 0 fully saturated rings. The molecule has 1 heterocycles. The molecular weight excluding hydrogens is 230 g/mol. The number of carbonyl (C=O) groups excluding carboxylic acids is 1. The summed E-state index contributed by atoms with van der Waals surface area (Å²) in [6.07, 6.45) is 5.53. The number of aryl methyl sites for hydroxylation is 2. The number of carbonyl (C=O) groups is 1. The number of aromatic hydroxyl groups is 1. The van der Waals surface area contributed by atoms with Gasteiger partial charge in [-0.15, -0.1) is 0 Å². The quantitative estimate of drug-likeness (QED) is 0.864. The van der Waals surface area contributed by atoms with E-state index in [-0.39, 0.29) is 11.7 Å². The molecule has 0 aliphatic heterocycles. The maximum absolute atomic E-state index is 11.7. The average molecular weight is 245 g/mol. The van der Waals surface area contributed by atoms with Crippen molar-refractivity contribution in [2.45, 2.75) is 19.9 Å². The van der Waals surface area contributed by atoms with E-state index in [4.69, 9.17) is 0 Å². The van der Waals surface area contributed by atoms with E-state index in [9.17, 15) is 9.90 Å². The van der Waals surface area contributed by atoms with Crippen molar-refractivity contribution < 1.29 is 9.90 Å². The van der Waals surface area contributed by atoms with Crippen LogP contribution in [0.3, 0.4) is 0 Å². The number of phenolic OH excluding ortho intramolecular Hbond substituents is 1. The minimum absolute atomic E-state index is 0.0857. The standard InChI is InChI=1S/C13H15N3O2/c1-10-2-3-11(17)8-12(10)15-13(18)4-6-16-7-5-14-9-16/h2-3,5,7-9,17H,4,6H2,1H3,(H,15,18). The molecule has 2 rings (SSSR count). The number of nitrogens with zero attached hydrogens (tertiary/aromatic N) is 2. The summed E-state index contributed by atoms with van der Waals surface area (Å²) in [5, 5.41) is 12.1. The third kappa shape index (κ3) is 3.10. The fourth-order valence-electron chi connectivity index (χ4n) is 1.61. The molecule has 94 valence electrons. The van der Waals surface area contributed by atoms with Gasteiger partial charge >= 0.3 is 0 Å². The van der Waals surface area contributed by atoms with Crippen molar-refractivity contribution in [2.75, 3.05) is 5.32 Å². The number of rotatable bonds is 4. The molecule has 0 saturated carbocycles. The van der Waals surface area contributed by atoms with Crippen LogP contribution in [0.25, 0.3) is 0 Å². The molecule has 0 saturated heterocycles. The lowest BCUT2D eigenvalue weighted by Gasteiger charge is -2.09. The van der Waals surface area contributed by atoms with Crippen LogP contribution in [0.15, 0.2) is 36.9 Å². The second kappa shape index (κ2) is 5.35. The Hall–Kier alpha value is -2.30. The summed E-state index contributed by atoms with van der Waals surface area (Å²) in [4.78, 5) is 15.7. The van der Waals surface area contributed by atoms with E-state index in [1.807, 2.05) is 17.7 Å². The monoisotopic (exact) mass is 245 g/mol. The van der Waals surface area contributed by atoms with Crippen molar-refractivity contribution in [2.24, 2.45) is 0 Å². The number of hydrogen-bond donors (Lipinski definition) is 2. The Labute approximate surface area is 105 Å². The first kappa shape index (κ1) is 12.2. The van der Waals surface area contributed by atoms with Gasteiger partial charge in [0.25, 0.3) is 0 Å². The number of benzene rings is 1. The van der Waals surface area contributed by atoms with Crippen molar-refractivity contribution in [3.63, 3.8) is 0 Å². The van der Waals surface area contributed by atoms with E-state index in [2.05, 4.69) is 10.3 Å². The highest BCUT2D eigenvalue weighted by Crippen LogP contribution is 2.20. The highest BCUT2D eigenvalue weighted by molar-refractivity contribution is 5.91. The average Bonchev–Trinajstić information content (AvgIpc) is 2.84. The van der Waals surface area contributed by atoms with Gasteiger partial charge in [0.2, 0.25) is 5.91 Å². The lowest BCUT2D eigenvalue weighted by molar-refractivity contribution is -0.116. The fourth-order valence-corrected chi connectivity index (χ4v) is 1.61. The summed E-state index contributed by atoms with van der Waals surface area (Å²) in [7, 11) is 0. The molecule has 0 bridgehead atoms. The maximum Gasteiger partial charge on any atom is 0.226 e. The normalized spacial score (nSPS) is 10.3. The molecule has 0 radical (unpaired) electrons. The van der Waals surface area contributed by atoms with Gasteiger partial charge in [-0.1, -0.05) is 6.07 Å². The lowest BCUT2D eigenvalue weighted by atomic mass is 10.2. The molecule has 0 atom stereocenters. The number of nitrogens with one attached hydrogen (secondary N) is 1. The third-order valence-electron chi connectivity index (χ3n) is 2.65. The van der Waals surface area contributed by atoms with Crippen LogP contribution in [0.1, 0.15) is 12.0 Å². The molecule has 5 heteroatoms. The molecule has 2 aromatic rings. The minimum atomic E-state index is -0.0857. The molecule has 18 heavy (non-hydrogen) atoms. The van der Waals surface area contributed by atoms with Gasteiger partial charge in [-0.2, -0.15) is 0 Å². The Balaban J connectivity index is 1.92. The number of amides is 1. The highest BCUT2D eigenvalue weighted by atomic mass is 16.3. The Morgan fingerprint density at radius 2 is 2.33 bits per heavy atom. The first-order valence-electron chi connectivity index (χ1n) is 5.70. The second-order valence-electron chi connectivity index (χ2n) is 4.10. The molecule has 1 amide bonds. The van der Waals surface area contributed by atoms with Crippen LogP contribution in [-0.2, 0) is 11.3 Å². The van der Waals surface area contributed by atoms with E-state index in [1.165, 1.54) is 0 Å². The van der Waals surface area contributed by atoms with Crippen molar-refractivity contribution in [3.8, 4) is 5.75 Å². The Morgan fingerprint density at radius 1 is 1.50 bits per heavy atom. The zero-order valence-electron chi connectivity index (χ0n) is 10.1. The van der Waals surface area contributed by atoms with Gasteiger partial charge in [-0.3, -0.25) is 4.79 Å². The second-order valence-corrected chi connectivity index (χ2v) is 4.10. The molecule has 0 unspecified atom stereocenters. The molecule has 1 aromatic heterocycles. The zero-order chi connectivity index (χ0) is 13.0. The van der Waals surface area contributed by atoms with Crippen LogP contribution in [0.5, 0.6) is 5.75 Å². The molecule has 2 N–H and O–H groups in total. The summed E-state index contributed by atoms with van der Waals surface area (Å²) in [6.45, 7) is 2.47. The Kier molecular flexibility index (Phi) is 3.62. The first-order chi connectivity index (χ1) is 8.65. The van der Waals surface area contributed by atoms with Crippen molar-refractivity contribution in [3.05, 3.63) is 42.5 Å². The summed E-state index contributed by atoms with van der Waals surface area (Å²) < 4.78 is 1.84. The molecule has 1 aromatic carbocycles. The van der Waals surface area contributed by atoms with Crippen LogP contribution in [0.2, 0.25) is 0 Å². The van der Waals surface area contributed by atoms with E-state index in [0.717, 1.165) is 5.56 Å². The summed E-state index contributed by atoms with van der Waals surface area (Å²) in [6, 6.07) is 4.90. The van der Waals surface area contributed by atoms with E-state index in [0.29, 0.717) is 18.7 Å². The highest BCUT2D eigenvalue weighted by Gasteiger charge is 2.05. The van der Waals surface area contributed by atoms with E-state index >= 15 is 0 Å². The summed E-state index contributed by atoms with van der Waals surface area (Å²) >= 11 is 0. The number of anilines is 1. The van der Waals surface area contributed by atoms with Crippen LogP contribution in [0.4, 0.5) is 5.69 Å². The first-order valence-corrected chi connectivity index (χ1v) is 5.70. The van der Waals surface area contributed by atoms with Crippen LogP contribution in [0, 0.1) is 6.92 Å². The fraction of sp³-hybridized carbons (Fsp3) is 0.231. The van der Waals surface area contributed by atoms with Gasteiger partial charge in [0.1, 0.15) is 5.75 Å². The largest absolute Gasteiger partial charge is 0.508 e. The van der Waals surface area contributed by atoms with Gasteiger partial charge in [-0.25, -0.2) is 4.98 Å². The Bertz CT molecular complexity index is 535. The molecule has 0 aliphatic carbocycles. The van der Waals surface area contributed by atoms with E-state index in [1.54, 1.807) is 30.7 Å². The van der Waals surface area contributed by atoms with Gasteiger partial charge < -0.3 is 15.0 Å². The lowest BCUT2D eigenvalue weighted by Crippen LogP contribution is -2.14. The number of imidazole rings is 1. The van der Waals surface area contributed by atoms with E-state index < -0.39 is 0 Å². The third-order valence-corrected chi connectivity index (χ3v) is 2.65. The van der Waals surface area contributed by atoms with Gasteiger partial charge in [0.05, 0.1) is 6.33 Å². The van der Waals surface area contributed by atoms with Gasteiger partial charge in [0, 0.05) is 37.1 Å². The number of hydrogen-bond acceptors (Lipinski definition) is 3. The minimum Gasteiger partial charge on any atom is -0.508 e. The number of aromatic nitrogens is 2. The molecule has 0 spiro atoms. The maximum atomic E-state index is 11.7. The topological polar surface area (TPSA) is 67.2 Å². The van der Waals surface area contributed by atoms with Crippen LogP contribution < -0.4 is 5.32 Å². The predicted molar refractivity (Wildman–Crippen MR) is 68.3 cm³/mol. The summed E-state index contributed by atoms with van der Waals surface area (Å²) in [5.74, 6) is 0.0582. The smallest absolute Gasteiger partial charge is 0.226 e. The Morgan fingerprint density at radius 3 is 3.06 bits per heavy atom. The van der Waals surface area contributed by atoms with Crippen molar-refractivity contribution >= 4 is 11.6 Å².